The third-order valence-corrected chi connectivity index (χ3v) is 4.45. The highest BCUT2D eigenvalue weighted by Crippen LogP contribution is 2.34. The van der Waals surface area contributed by atoms with Crippen LogP contribution in [0.15, 0.2) is 36.4 Å². The van der Waals surface area contributed by atoms with Gasteiger partial charge in [-0.25, -0.2) is 9.59 Å². The fourth-order valence-electron chi connectivity index (χ4n) is 3.06. The van der Waals surface area contributed by atoms with Gasteiger partial charge in [-0.1, -0.05) is 53.7 Å². The first-order chi connectivity index (χ1) is 11.8. The lowest BCUT2D eigenvalue weighted by Gasteiger charge is -2.24. The van der Waals surface area contributed by atoms with Gasteiger partial charge in [0.15, 0.2) is 0 Å². The first-order valence-electron chi connectivity index (χ1n) is 8.58. The highest BCUT2D eigenvalue weighted by Gasteiger charge is 2.24. The smallest absolute Gasteiger partial charge is 0.335 e. The molecule has 138 valence electrons. The van der Waals surface area contributed by atoms with E-state index in [0.29, 0.717) is 11.1 Å². The zero-order valence-corrected chi connectivity index (χ0v) is 16.2. The molecular formula is C22H26O4. The Hall–Kier alpha value is -2.62. The lowest BCUT2D eigenvalue weighted by Crippen LogP contribution is -2.18. The number of hydrogen-bond acceptors (Lipinski definition) is 2. The molecule has 0 aliphatic carbocycles. The standard InChI is InChI=1S/C22H26O4/c1-21(2,3)17-11-13(7-9-15(17)19(23)24)14-8-10-16(20(25)26)18(12-14)22(4,5)6/h7-12H,1-6H3,(H,23,24)(H,25,26). The van der Waals surface area contributed by atoms with Crippen LogP contribution in [-0.4, -0.2) is 22.2 Å². The fraction of sp³-hybridized carbons (Fsp3) is 0.364. The molecule has 0 aliphatic heterocycles. The van der Waals surface area contributed by atoms with E-state index in [1.54, 1.807) is 24.3 Å². The monoisotopic (exact) mass is 354 g/mol. The summed E-state index contributed by atoms with van der Waals surface area (Å²) in [4.78, 5) is 23.1. The molecule has 0 fully saturated rings. The molecule has 0 saturated heterocycles. The molecule has 0 amide bonds. The highest BCUT2D eigenvalue weighted by molar-refractivity contribution is 5.92. The predicted molar refractivity (Wildman–Crippen MR) is 103 cm³/mol. The van der Waals surface area contributed by atoms with Gasteiger partial charge in [0.25, 0.3) is 0 Å². The Morgan fingerprint density at radius 2 is 0.962 bits per heavy atom. The van der Waals surface area contributed by atoms with Crippen molar-refractivity contribution in [2.45, 2.75) is 52.4 Å². The summed E-state index contributed by atoms with van der Waals surface area (Å²) in [7, 11) is 0. The first kappa shape index (κ1) is 19.7. The third kappa shape index (κ3) is 3.96. The molecular weight excluding hydrogens is 328 g/mol. The molecule has 0 atom stereocenters. The van der Waals surface area contributed by atoms with Crippen LogP contribution in [-0.2, 0) is 10.8 Å². The van der Waals surface area contributed by atoms with E-state index in [2.05, 4.69) is 0 Å². The van der Waals surface area contributed by atoms with Gasteiger partial charge in [0.2, 0.25) is 0 Å². The average Bonchev–Trinajstić information content (AvgIpc) is 2.51. The Bertz CT molecular complexity index is 791. The Morgan fingerprint density at radius 3 is 1.19 bits per heavy atom. The molecule has 2 aromatic carbocycles. The molecule has 0 radical (unpaired) electrons. The van der Waals surface area contributed by atoms with E-state index in [1.165, 1.54) is 0 Å². The maximum atomic E-state index is 11.6. The molecule has 4 nitrogen and oxygen atoms in total. The maximum Gasteiger partial charge on any atom is 0.335 e. The van der Waals surface area contributed by atoms with Crippen LogP contribution in [0.5, 0.6) is 0 Å². The number of benzene rings is 2. The largest absolute Gasteiger partial charge is 0.478 e. The summed E-state index contributed by atoms with van der Waals surface area (Å²) in [5, 5.41) is 18.9. The molecule has 2 rings (SSSR count). The molecule has 0 heterocycles. The van der Waals surface area contributed by atoms with Crippen LogP contribution in [0.1, 0.15) is 73.4 Å². The van der Waals surface area contributed by atoms with Crippen molar-refractivity contribution in [3.63, 3.8) is 0 Å². The summed E-state index contributed by atoms with van der Waals surface area (Å²) < 4.78 is 0. The number of carbonyl (C=O) groups is 2. The summed E-state index contributed by atoms with van der Waals surface area (Å²) >= 11 is 0. The molecule has 2 aromatic rings. The zero-order chi connectivity index (χ0) is 19.9. The van der Waals surface area contributed by atoms with Crippen LogP contribution in [0.4, 0.5) is 0 Å². The molecule has 4 heteroatoms. The Labute approximate surface area is 154 Å². The normalized spacial score (nSPS) is 12.1. The Balaban J connectivity index is 2.69. The maximum absolute atomic E-state index is 11.6. The van der Waals surface area contributed by atoms with Gasteiger partial charge >= 0.3 is 11.9 Å². The van der Waals surface area contributed by atoms with Gasteiger partial charge in [0, 0.05) is 0 Å². The minimum atomic E-state index is -0.946. The second-order valence-electron chi connectivity index (χ2n) is 8.63. The van der Waals surface area contributed by atoms with Crippen LogP contribution in [0, 0.1) is 0 Å². The molecule has 26 heavy (non-hydrogen) atoms. The van der Waals surface area contributed by atoms with Gasteiger partial charge in [-0.15, -0.1) is 0 Å². The third-order valence-electron chi connectivity index (χ3n) is 4.45. The summed E-state index contributed by atoms with van der Waals surface area (Å²) in [5.74, 6) is -1.89. The van der Waals surface area contributed by atoms with Crippen LogP contribution < -0.4 is 0 Å². The van der Waals surface area contributed by atoms with Crippen molar-refractivity contribution in [3.05, 3.63) is 58.7 Å². The minimum absolute atomic E-state index is 0.291. The predicted octanol–water partition coefficient (Wildman–Crippen LogP) is 5.35. The van der Waals surface area contributed by atoms with Crippen LogP contribution in [0.25, 0.3) is 11.1 Å². The van der Waals surface area contributed by atoms with E-state index in [0.717, 1.165) is 22.3 Å². The summed E-state index contributed by atoms with van der Waals surface area (Å²) in [6, 6.07) is 10.6. The first-order valence-corrected chi connectivity index (χ1v) is 8.58. The van der Waals surface area contributed by atoms with Gasteiger partial charge in [-0.2, -0.15) is 0 Å². The molecule has 0 unspecified atom stereocenters. The van der Waals surface area contributed by atoms with E-state index in [4.69, 9.17) is 0 Å². The Kier molecular flexibility index (Phi) is 5.00. The van der Waals surface area contributed by atoms with E-state index >= 15 is 0 Å². The van der Waals surface area contributed by atoms with Crippen LogP contribution in [0.3, 0.4) is 0 Å². The van der Waals surface area contributed by atoms with Gasteiger partial charge in [0.05, 0.1) is 11.1 Å². The highest BCUT2D eigenvalue weighted by atomic mass is 16.4. The molecule has 2 N–H and O–H groups in total. The minimum Gasteiger partial charge on any atom is -0.478 e. The van der Waals surface area contributed by atoms with Crippen LogP contribution in [0.2, 0.25) is 0 Å². The SMILES string of the molecule is CC(C)(C)c1cc(-c2ccc(C(=O)O)c(C(C)(C)C)c2)ccc1C(=O)O. The number of carboxylic acids is 2. The van der Waals surface area contributed by atoms with Crippen molar-refractivity contribution in [1.82, 2.24) is 0 Å². The number of carboxylic acid groups (broad SMARTS) is 2. The van der Waals surface area contributed by atoms with Gasteiger partial charge in [-0.3, -0.25) is 0 Å². The van der Waals surface area contributed by atoms with Crippen molar-refractivity contribution in [2.24, 2.45) is 0 Å². The average molecular weight is 354 g/mol. The fourth-order valence-corrected chi connectivity index (χ4v) is 3.06. The topological polar surface area (TPSA) is 74.6 Å². The quantitative estimate of drug-likeness (QED) is 0.779. The van der Waals surface area contributed by atoms with E-state index in [1.807, 2.05) is 53.7 Å². The number of hydrogen-bond donors (Lipinski definition) is 2. The molecule has 0 saturated carbocycles. The summed E-state index contributed by atoms with van der Waals surface area (Å²) in [5.41, 5.74) is 3.20. The molecule has 0 bridgehead atoms. The number of rotatable bonds is 3. The molecule has 0 spiro atoms. The number of aromatic carboxylic acids is 2. The molecule has 0 aliphatic rings. The van der Waals surface area contributed by atoms with Crippen molar-refractivity contribution >= 4 is 11.9 Å². The van der Waals surface area contributed by atoms with Crippen molar-refractivity contribution < 1.29 is 19.8 Å². The van der Waals surface area contributed by atoms with E-state index in [9.17, 15) is 19.8 Å². The van der Waals surface area contributed by atoms with Gasteiger partial charge < -0.3 is 10.2 Å². The van der Waals surface area contributed by atoms with Gasteiger partial charge in [-0.05, 0) is 57.3 Å². The van der Waals surface area contributed by atoms with Crippen molar-refractivity contribution in [3.8, 4) is 11.1 Å². The second kappa shape index (κ2) is 6.60. The van der Waals surface area contributed by atoms with Crippen LogP contribution >= 0.6 is 0 Å². The molecule has 0 aromatic heterocycles. The van der Waals surface area contributed by atoms with E-state index in [-0.39, 0.29) is 10.8 Å². The lowest BCUT2D eigenvalue weighted by atomic mass is 9.80. The summed E-state index contributed by atoms with van der Waals surface area (Å²) in [6.45, 7) is 11.9. The van der Waals surface area contributed by atoms with Crippen molar-refractivity contribution in [1.29, 1.82) is 0 Å². The Morgan fingerprint density at radius 1 is 0.654 bits per heavy atom. The van der Waals surface area contributed by atoms with E-state index < -0.39 is 11.9 Å². The zero-order valence-electron chi connectivity index (χ0n) is 16.2. The summed E-state index contributed by atoms with van der Waals surface area (Å²) in [6.07, 6.45) is 0. The second-order valence-corrected chi connectivity index (χ2v) is 8.63. The lowest BCUT2D eigenvalue weighted by molar-refractivity contribution is 0.0683. The van der Waals surface area contributed by atoms with Crippen molar-refractivity contribution in [2.75, 3.05) is 0 Å². The van der Waals surface area contributed by atoms with Gasteiger partial charge in [0.1, 0.15) is 0 Å².